The van der Waals surface area contributed by atoms with Crippen LogP contribution in [0.1, 0.15) is 26.3 Å². The molecule has 0 radical (unpaired) electrons. The van der Waals surface area contributed by atoms with E-state index in [9.17, 15) is 0 Å². The number of nitrogens with one attached hydrogen (secondary N) is 1. The molecule has 0 bridgehead atoms. The molecule has 0 spiro atoms. The molecule has 0 heterocycles. The first-order valence-electron chi connectivity index (χ1n) is 6.92. The Labute approximate surface area is 129 Å². The van der Waals surface area contributed by atoms with Crippen LogP contribution >= 0.6 is 15.9 Å². The lowest BCUT2D eigenvalue weighted by Gasteiger charge is -2.16. The van der Waals surface area contributed by atoms with E-state index in [0.29, 0.717) is 19.8 Å². The molecule has 114 valence electrons. The predicted octanol–water partition coefficient (Wildman–Crippen LogP) is 3.37. The maximum atomic E-state index is 5.79. The topological polar surface area (TPSA) is 39.7 Å². The number of ether oxygens (including phenoxy) is 3. The molecule has 5 heteroatoms. The molecular formula is C15H24BrNO3. The van der Waals surface area contributed by atoms with E-state index >= 15 is 0 Å². The van der Waals surface area contributed by atoms with Gasteiger partial charge in [0.1, 0.15) is 6.61 Å². The Balaban J connectivity index is 2.76. The number of benzene rings is 1. The third kappa shape index (κ3) is 5.69. The molecule has 0 saturated heterocycles. The number of hydrogen-bond acceptors (Lipinski definition) is 4. The Hall–Kier alpha value is -0.780. The molecule has 0 aliphatic heterocycles. The van der Waals surface area contributed by atoms with Crippen molar-refractivity contribution in [2.24, 2.45) is 0 Å². The minimum Gasteiger partial charge on any atom is -0.490 e. The van der Waals surface area contributed by atoms with Gasteiger partial charge in [-0.25, -0.2) is 0 Å². The number of halogens is 1. The van der Waals surface area contributed by atoms with Gasteiger partial charge in [0.25, 0.3) is 0 Å². The summed E-state index contributed by atoms with van der Waals surface area (Å²) in [6.07, 6.45) is 0.214. The van der Waals surface area contributed by atoms with Crippen molar-refractivity contribution in [1.82, 2.24) is 5.32 Å². The van der Waals surface area contributed by atoms with Crippen LogP contribution < -0.4 is 14.8 Å². The van der Waals surface area contributed by atoms with Gasteiger partial charge in [0, 0.05) is 6.54 Å². The molecule has 0 aromatic heterocycles. The molecular weight excluding hydrogens is 322 g/mol. The second kappa shape index (κ2) is 9.21. The molecule has 0 unspecified atom stereocenters. The molecule has 1 N–H and O–H groups in total. The van der Waals surface area contributed by atoms with Crippen LogP contribution in [0, 0.1) is 0 Å². The van der Waals surface area contributed by atoms with E-state index in [1.54, 1.807) is 0 Å². The van der Waals surface area contributed by atoms with Crippen LogP contribution in [0.15, 0.2) is 16.6 Å². The van der Waals surface area contributed by atoms with Gasteiger partial charge in [-0.15, -0.1) is 0 Å². The van der Waals surface area contributed by atoms with E-state index < -0.39 is 0 Å². The molecule has 1 aromatic rings. The summed E-state index contributed by atoms with van der Waals surface area (Å²) in [4.78, 5) is 0. The van der Waals surface area contributed by atoms with E-state index in [0.717, 1.165) is 28.1 Å². The van der Waals surface area contributed by atoms with Crippen molar-refractivity contribution >= 4 is 15.9 Å². The largest absolute Gasteiger partial charge is 0.490 e. The fourth-order valence-corrected chi connectivity index (χ4v) is 2.36. The Bertz CT molecular complexity index is 410. The van der Waals surface area contributed by atoms with Gasteiger partial charge in [-0.3, -0.25) is 0 Å². The zero-order valence-corrected chi connectivity index (χ0v) is 14.2. The van der Waals surface area contributed by atoms with Gasteiger partial charge in [-0.1, -0.05) is 0 Å². The lowest BCUT2D eigenvalue weighted by atomic mass is 10.2. The normalized spacial score (nSPS) is 10.9. The third-order valence-electron chi connectivity index (χ3n) is 2.53. The zero-order chi connectivity index (χ0) is 15.0. The molecule has 0 saturated carbocycles. The first-order valence-corrected chi connectivity index (χ1v) is 7.72. The van der Waals surface area contributed by atoms with Gasteiger partial charge in [0.2, 0.25) is 0 Å². The van der Waals surface area contributed by atoms with E-state index in [4.69, 9.17) is 14.2 Å². The Morgan fingerprint density at radius 3 is 2.55 bits per heavy atom. The minimum atomic E-state index is 0.214. The van der Waals surface area contributed by atoms with Gasteiger partial charge < -0.3 is 19.5 Å². The average Bonchev–Trinajstić information content (AvgIpc) is 2.37. The molecule has 1 aromatic carbocycles. The highest BCUT2D eigenvalue weighted by atomic mass is 79.9. The highest BCUT2D eigenvalue weighted by molar-refractivity contribution is 9.10. The molecule has 0 atom stereocenters. The summed E-state index contributed by atoms with van der Waals surface area (Å²) in [6, 6.07) is 4.04. The maximum Gasteiger partial charge on any atom is 0.175 e. The van der Waals surface area contributed by atoms with Crippen molar-refractivity contribution in [3.63, 3.8) is 0 Å². The highest BCUT2D eigenvalue weighted by Gasteiger charge is 2.12. The van der Waals surface area contributed by atoms with Crippen molar-refractivity contribution < 1.29 is 14.2 Å². The van der Waals surface area contributed by atoms with Crippen LogP contribution in [-0.4, -0.2) is 33.0 Å². The molecule has 0 amide bonds. The molecule has 0 fully saturated rings. The van der Waals surface area contributed by atoms with Crippen LogP contribution in [0.5, 0.6) is 11.5 Å². The lowest BCUT2D eigenvalue weighted by Crippen LogP contribution is -2.12. The summed E-state index contributed by atoms with van der Waals surface area (Å²) in [5, 5.41) is 3.13. The van der Waals surface area contributed by atoms with Gasteiger partial charge in [0.05, 0.1) is 23.8 Å². The molecule has 0 aliphatic carbocycles. The molecule has 20 heavy (non-hydrogen) atoms. The summed E-state index contributed by atoms with van der Waals surface area (Å²) in [6.45, 7) is 8.44. The van der Waals surface area contributed by atoms with Crippen LogP contribution in [0.2, 0.25) is 0 Å². The van der Waals surface area contributed by atoms with Crippen LogP contribution in [0.25, 0.3) is 0 Å². The van der Waals surface area contributed by atoms with Crippen LogP contribution in [0.4, 0.5) is 0 Å². The Kier molecular flexibility index (Phi) is 7.95. The third-order valence-corrected chi connectivity index (χ3v) is 3.12. The molecule has 0 aliphatic rings. The van der Waals surface area contributed by atoms with Gasteiger partial charge in [-0.2, -0.15) is 0 Å². The highest BCUT2D eigenvalue weighted by Crippen LogP contribution is 2.36. The van der Waals surface area contributed by atoms with Gasteiger partial charge >= 0.3 is 0 Å². The summed E-state index contributed by atoms with van der Waals surface area (Å²) < 4.78 is 17.8. The maximum absolute atomic E-state index is 5.79. The fourth-order valence-electron chi connectivity index (χ4n) is 1.76. The number of rotatable bonds is 9. The second-order valence-electron chi connectivity index (χ2n) is 4.64. The minimum absolute atomic E-state index is 0.214. The van der Waals surface area contributed by atoms with Crippen molar-refractivity contribution in [2.75, 3.05) is 26.9 Å². The van der Waals surface area contributed by atoms with Crippen molar-refractivity contribution in [3.05, 3.63) is 22.2 Å². The van der Waals surface area contributed by atoms with Crippen LogP contribution in [0.3, 0.4) is 0 Å². The lowest BCUT2D eigenvalue weighted by molar-refractivity contribution is 0.0544. The summed E-state index contributed by atoms with van der Waals surface area (Å²) in [5.41, 5.74) is 1.15. The van der Waals surface area contributed by atoms with Gasteiger partial charge in [0.15, 0.2) is 11.5 Å². The van der Waals surface area contributed by atoms with Crippen molar-refractivity contribution in [2.45, 2.75) is 33.4 Å². The van der Waals surface area contributed by atoms with Crippen LogP contribution in [-0.2, 0) is 11.3 Å². The van der Waals surface area contributed by atoms with E-state index in [2.05, 4.69) is 21.2 Å². The molecule has 4 nitrogen and oxygen atoms in total. The standard InChI is InChI=1S/C15H24BrNO3/c1-5-18-14-9-12(10-17-4)8-13(16)15(14)20-7-6-19-11(2)3/h8-9,11,17H,5-7,10H2,1-4H3. The average molecular weight is 346 g/mol. The van der Waals surface area contributed by atoms with E-state index in [1.165, 1.54) is 0 Å². The van der Waals surface area contributed by atoms with Crippen molar-refractivity contribution in [3.8, 4) is 11.5 Å². The fraction of sp³-hybridized carbons (Fsp3) is 0.600. The smallest absolute Gasteiger partial charge is 0.175 e. The zero-order valence-electron chi connectivity index (χ0n) is 12.7. The quantitative estimate of drug-likeness (QED) is 0.696. The van der Waals surface area contributed by atoms with Crippen molar-refractivity contribution in [1.29, 1.82) is 0 Å². The summed E-state index contributed by atoms with van der Waals surface area (Å²) >= 11 is 3.55. The Morgan fingerprint density at radius 1 is 1.20 bits per heavy atom. The predicted molar refractivity (Wildman–Crippen MR) is 84.7 cm³/mol. The van der Waals surface area contributed by atoms with E-state index in [-0.39, 0.29) is 6.10 Å². The Morgan fingerprint density at radius 2 is 1.95 bits per heavy atom. The van der Waals surface area contributed by atoms with Gasteiger partial charge in [-0.05, 0) is 61.4 Å². The first kappa shape index (κ1) is 17.3. The first-order chi connectivity index (χ1) is 9.58. The second-order valence-corrected chi connectivity index (χ2v) is 5.49. The molecule has 1 rings (SSSR count). The summed E-state index contributed by atoms with van der Waals surface area (Å²) in [7, 11) is 1.92. The SMILES string of the molecule is CCOc1cc(CNC)cc(Br)c1OCCOC(C)C. The summed E-state index contributed by atoms with van der Waals surface area (Å²) in [5.74, 6) is 1.50. The monoisotopic (exact) mass is 345 g/mol. The number of hydrogen-bond donors (Lipinski definition) is 1. The van der Waals surface area contributed by atoms with E-state index in [1.807, 2.05) is 40.0 Å².